The summed E-state index contributed by atoms with van der Waals surface area (Å²) in [5.41, 5.74) is 0.806. The molecular formula is C24H27FN2O3. The highest BCUT2D eigenvalue weighted by molar-refractivity contribution is 5.95. The zero-order valence-electron chi connectivity index (χ0n) is 17.1. The Hall–Kier alpha value is -2.89. The molecule has 6 heteroatoms. The van der Waals surface area contributed by atoms with Crippen molar-refractivity contribution in [3.8, 4) is 5.75 Å². The standard InChI is InChI=1S/C24H27FN2O3/c25-22-8-2-1-7-21(22)24(29)27-15-5-6-18(16-27)17-30-20-11-9-19(10-12-20)23(28)26-13-3-4-14-26/h1-2,7-12,18H,3-6,13-17H2/t18-/m0/s1. The first-order valence-corrected chi connectivity index (χ1v) is 10.7. The number of nitrogens with zero attached hydrogens (tertiary/aromatic N) is 2. The van der Waals surface area contributed by atoms with E-state index in [1.807, 2.05) is 29.2 Å². The first-order chi connectivity index (χ1) is 14.6. The lowest BCUT2D eigenvalue weighted by Gasteiger charge is -2.32. The van der Waals surface area contributed by atoms with Gasteiger partial charge in [-0.15, -0.1) is 0 Å². The molecule has 0 N–H and O–H groups in total. The van der Waals surface area contributed by atoms with Crippen LogP contribution >= 0.6 is 0 Å². The number of hydrogen-bond donors (Lipinski definition) is 0. The number of ether oxygens (including phenoxy) is 1. The van der Waals surface area contributed by atoms with Gasteiger partial charge in [-0.05, 0) is 62.1 Å². The second-order valence-corrected chi connectivity index (χ2v) is 8.07. The number of halogens is 1. The van der Waals surface area contributed by atoms with Crippen LogP contribution in [0.25, 0.3) is 0 Å². The van der Waals surface area contributed by atoms with Gasteiger partial charge in [-0.3, -0.25) is 9.59 Å². The number of amides is 2. The molecule has 2 aromatic carbocycles. The number of likely N-dealkylation sites (tertiary alicyclic amines) is 2. The molecule has 158 valence electrons. The Morgan fingerprint density at radius 2 is 1.60 bits per heavy atom. The minimum absolute atomic E-state index is 0.0774. The summed E-state index contributed by atoms with van der Waals surface area (Å²) < 4.78 is 19.9. The molecule has 2 saturated heterocycles. The predicted molar refractivity (Wildman–Crippen MR) is 112 cm³/mol. The van der Waals surface area contributed by atoms with Crippen molar-refractivity contribution in [1.29, 1.82) is 0 Å². The molecule has 30 heavy (non-hydrogen) atoms. The Balaban J connectivity index is 1.31. The third-order valence-electron chi connectivity index (χ3n) is 5.89. The minimum Gasteiger partial charge on any atom is -0.493 e. The topological polar surface area (TPSA) is 49.9 Å². The summed E-state index contributed by atoms with van der Waals surface area (Å²) in [7, 11) is 0. The van der Waals surface area contributed by atoms with Crippen molar-refractivity contribution in [2.75, 3.05) is 32.8 Å². The van der Waals surface area contributed by atoms with E-state index in [0.29, 0.717) is 31.0 Å². The molecule has 2 amide bonds. The van der Waals surface area contributed by atoms with E-state index in [2.05, 4.69) is 0 Å². The summed E-state index contributed by atoms with van der Waals surface area (Å²) >= 11 is 0. The van der Waals surface area contributed by atoms with Crippen molar-refractivity contribution in [1.82, 2.24) is 9.80 Å². The highest BCUT2D eigenvalue weighted by atomic mass is 19.1. The van der Waals surface area contributed by atoms with Crippen molar-refractivity contribution in [2.24, 2.45) is 5.92 Å². The molecule has 0 aliphatic carbocycles. The Kier molecular flexibility index (Phi) is 6.31. The van der Waals surface area contributed by atoms with Crippen molar-refractivity contribution in [2.45, 2.75) is 25.7 Å². The van der Waals surface area contributed by atoms with Gasteiger partial charge in [0.15, 0.2) is 0 Å². The van der Waals surface area contributed by atoms with Crippen LogP contribution in [0.1, 0.15) is 46.4 Å². The fourth-order valence-corrected chi connectivity index (χ4v) is 4.20. The van der Waals surface area contributed by atoms with Gasteiger partial charge in [-0.25, -0.2) is 4.39 Å². The second-order valence-electron chi connectivity index (χ2n) is 8.07. The molecule has 0 saturated carbocycles. The summed E-state index contributed by atoms with van der Waals surface area (Å²) in [5, 5.41) is 0. The Labute approximate surface area is 176 Å². The Morgan fingerprint density at radius 1 is 0.900 bits per heavy atom. The van der Waals surface area contributed by atoms with E-state index in [-0.39, 0.29) is 23.3 Å². The normalized spacial score (nSPS) is 19.0. The van der Waals surface area contributed by atoms with E-state index in [4.69, 9.17) is 4.74 Å². The molecule has 2 aliphatic heterocycles. The van der Waals surface area contributed by atoms with Crippen LogP contribution in [0.4, 0.5) is 4.39 Å². The van der Waals surface area contributed by atoms with E-state index >= 15 is 0 Å². The Bertz CT molecular complexity index is 894. The minimum atomic E-state index is -0.482. The van der Waals surface area contributed by atoms with Gasteiger partial charge < -0.3 is 14.5 Å². The molecule has 0 spiro atoms. The van der Waals surface area contributed by atoms with Gasteiger partial charge in [-0.1, -0.05) is 12.1 Å². The van der Waals surface area contributed by atoms with Crippen molar-refractivity contribution in [3.63, 3.8) is 0 Å². The summed E-state index contributed by atoms with van der Waals surface area (Å²) in [6.07, 6.45) is 3.99. The van der Waals surface area contributed by atoms with Crippen LogP contribution in [0.3, 0.4) is 0 Å². The molecule has 2 aromatic rings. The summed E-state index contributed by atoms with van der Waals surface area (Å²) in [6, 6.07) is 13.4. The average Bonchev–Trinajstić information content (AvgIpc) is 3.33. The fraction of sp³-hybridized carbons (Fsp3) is 0.417. The van der Waals surface area contributed by atoms with Crippen molar-refractivity contribution < 1.29 is 18.7 Å². The zero-order valence-corrected chi connectivity index (χ0v) is 17.1. The molecule has 2 heterocycles. The summed E-state index contributed by atoms with van der Waals surface area (Å²) in [6.45, 7) is 3.35. The highest BCUT2D eigenvalue weighted by Crippen LogP contribution is 2.22. The number of benzene rings is 2. The number of carbonyl (C=O) groups is 2. The molecule has 2 aliphatic rings. The highest BCUT2D eigenvalue weighted by Gasteiger charge is 2.26. The van der Waals surface area contributed by atoms with E-state index in [9.17, 15) is 14.0 Å². The molecular weight excluding hydrogens is 383 g/mol. The predicted octanol–water partition coefficient (Wildman–Crippen LogP) is 3.99. The largest absolute Gasteiger partial charge is 0.493 e. The van der Waals surface area contributed by atoms with Crippen LogP contribution < -0.4 is 4.74 Å². The number of hydrogen-bond acceptors (Lipinski definition) is 3. The van der Waals surface area contributed by atoms with Gasteiger partial charge in [0.1, 0.15) is 11.6 Å². The maximum Gasteiger partial charge on any atom is 0.256 e. The smallest absolute Gasteiger partial charge is 0.256 e. The lowest BCUT2D eigenvalue weighted by atomic mass is 9.98. The summed E-state index contributed by atoms with van der Waals surface area (Å²) in [4.78, 5) is 28.7. The van der Waals surface area contributed by atoms with Gasteiger partial charge in [0.2, 0.25) is 0 Å². The zero-order chi connectivity index (χ0) is 20.9. The first kappa shape index (κ1) is 20.4. The van der Waals surface area contributed by atoms with E-state index in [0.717, 1.165) is 38.8 Å². The number of rotatable bonds is 5. The molecule has 0 aromatic heterocycles. The number of carbonyl (C=O) groups excluding carboxylic acids is 2. The van der Waals surface area contributed by atoms with Gasteiger partial charge in [-0.2, -0.15) is 0 Å². The van der Waals surface area contributed by atoms with E-state index in [1.165, 1.54) is 12.1 Å². The molecule has 0 unspecified atom stereocenters. The maximum atomic E-state index is 14.0. The van der Waals surface area contributed by atoms with Crippen LogP contribution in [0, 0.1) is 11.7 Å². The Morgan fingerprint density at radius 3 is 2.33 bits per heavy atom. The van der Waals surface area contributed by atoms with Crippen LogP contribution in [-0.4, -0.2) is 54.4 Å². The molecule has 5 nitrogen and oxygen atoms in total. The van der Waals surface area contributed by atoms with Crippen LogP contribution in [0.5, 0.6) is 5.75 Å². The molecule has 4 rings (SSSR count). The van der Waals surface area contributed by atoms with Crippen LogP contribution in [0.2, 0.25) is 0 Å². The van der Waals surface area contributed by atoms with Crippen LogP contribution in [-0.2, 0) is 0 Å². The third-order valence-corrected chi connectivity index (χ3v) is 5.89. The van der Waals surface area contributed by atoms with E-state index in [1.54, 1.807) is 17.0 Å². The van der Waals surface area contributed by atoms with Crippen LogP contribution in [0.15, 0.2) is 48.5 Å². The SMILES string of the molecule is O=C(c1ccc(OC[C@H]2CCCN(C(=O)c3ccccc3F)C2)cc1)N1CCCC1. The fourth-order valence-electron chi connectivity index (χ4n) is 4.20. The molecule has 1 atom stereocenters. The van der Waals surface area contributed by atoms with Gasteiger partial charge in [0.25, 0.3) is 11.8 Å². The second kappa shape index (κ2) is 9.28. The lowest BCUT2D eigenvalue weighted by molar-refractivity contribution is 0.0628. The molecule has 2 fully saturated rings. The monoisotopic (exact) mass is 410 g/mol. The maximum absolute atomic E-state index is 14.0. The van der Waals surface area contributed by atoms with Gasteiger partial charge >= 0.3 is 0 Å². The van der Waals surface area contributed by atoms with Gasteiger partial charge in [0, 0.05) is 37.7 Å². The van der Waals surface area contributed by atoms with E-state index < -0.39 is 5.82 Å². The number of piperidine rings is 1. The molecule has 0 radical (unpaired) electrons. The third kappa shape index (κ3) is 4.64. The quantitative estimate of drug-likeness (QED) is 0.749. The molecule has 0 bridgehead atoms. The van der Waals surface area contributed by atoms with Crippen molar-refractivity contribution >= 4 is 11.8 Å². The van der Waals surface area contributed by atoms with Crippen molar-refractivity contribution in [3.05, 3.63) is 65.5 Å². The average molecular weight is 410 g/mol. The summed E-state index contributed by atoms with van der Waals surface area (Å²) in [5.74, 6) is 0.242. The first-order valence-electron chi connectivity index (χ1n) is 10.7. The lowest BCUT2D eigenvalue weighted by Crippen LogP contribution is -2.41. The van der Waals surface area contributed by atoms with Gasteiger partial charge in [0.05, 0.1) is 12.2 Å².